The predicted octanol–water partition coefficient (Wildman–Crippen LogP) is 2.05. The summed E-state index contributed by atoms with van der Waals surface area (Å²) in [6, 6.07) is 11.7. The van der Waals surface area contributed by atoms with Crippen LogP contribution < -0.4 is 10.5 Å². The van der Waals surface area contributed by atoms with Gasteiger partial charge in [0.15, 0.2) is 5.58 Å². The maximum atomic E-state index is 11.8. The van der Waals surface area contributed by atoms with Crippen molar-refractivity contribution in [1.29, 1.82) is 0 Å². The van der Waals surface area contributed by atoms with E-state index in [0.717, 1.165) is 30.5 Å². The Balaban J connectivity index is 1.63. The number of oxazole rings is 1. The van der Waals surface area contributed by atoms with Gasteiger partial charge in [0, 0.05) is 18.8 Å². The van der Waals surface area contributed by atoms with Gasteiger partial charge < -0.3 is 9.32 Å². The van der Waals surface area contributed by atoms with Crippen LogP contribution in [0.5, 0.6) is 0 Å². The molecule has 1 aliphatic rings. The summed E-state index contributed by atoms with van der Waals surface area (Å²) in [5.41, 5.74) is 1.57. The maximum Gasteiger partial charge on any atom is 0.298 e. The lowest BCUT2D eigenvalue weighted by atomic mass is 10.2. The van der Waals surface area contributed by atoms with Crippen molar-refractivity contribution in [2.45, 2.75) is 25.4 Å². The van der Waals surface area contributed by atoms with E-state index in [1.54, 1.807) is 12.3 Å². The first-order chi connectivity index (χ1) is 10.8. The van der Waals surface area contributed by atoms with Crippen molar-refractivity contribution in [3.8, 4) is 0 Å². The molecule has 0 spiro atoms. The normalized spacial score (nSPS) is 18.2. The third-order valence-electron chi connectivity index (χ3n) is 4.07. The van der Waals surface area contributed by atoms with Crippen molar-refractivity contribution in [2.75, 3.05) is 11.4 Å². The molecule has 0 N–H and O–H groups in total. The molecule has 1 saturated heterocycles. The number of fused-ring (bicyclic) bond motifs is 1. The van der Waals surface area contributed by atoms with Crippen molar-refractivity contribution < 1.29 is 4.42 Å². The van der Waals surface area contributed by atoms with Crippen LogP contribution in [0.2, 0.25) is 0 Å². The molecule has 0 saturated carbocycles. The fraction of sp³-hybridized carbons (Fsp3) is 0.312. The molecule has 1 aliphatic heterocycles. The lowest BCUT2D eigenvalue weighted by Crippen LogP contribution is -2.37. The van der Waals surface area contributed by atoms with Gasteiger partial charge in [-0.15, -0.1) is 0 Å². The Labute approximate surface area is 127 Å². The molecule has 0 radical (unpaired) electrons. The number of hydrogen-bond acceptors (Lipinski definition) is 5. The highest BCUT2D eigenvalue weighted by Gasteiger charge is 2.29. The minimum Gasteiger partial charge on any atom is -0.423 e. The minimum absolute atomic E-state index is 0.0769. The van der Waals surface area contributed by atoms with Gasteiger partial charge in [-0.25, -0.2) is 4.68 Å². The first-order valence-corrected chi connectivity index (χ1v) is 7.45. The molecule has 1 atom stereocenters. The van der Waals surface area contributed by atoms with Gasteiger partial charge in [-0.2, -0.15) is 10.1 Å². The highest BCUT2D eigenvalue weighted by Crippen LogP contribution is 2.28. The summed E-state index contributed by atoms with van der Waals surface area (Å²) in [5, 5.41) is 4.14. The van der Waals surface area contributed by atoms with Gasteiger partial charge in [0.05, 0.1) is 12.6 Å². The molecule has 1 fully saturated rings. The van der Waals surface area contributed by atoms with Gasteiger partial charge >= 0.3 is 0 Å². The van der Waals surface area contributed by atoms with Crippen LogP contribution in [0.3, 0.4) is 0 Å². The molecule has 0 bridgehead atoms. The van der Waals surface area contributed by atoms with Crippen LogP contribution in [0.15, 0.2) is 51.8 Å². The molecular formula is C16H16N4O2. The van der Waals surface area contributed by atoms with Gasteiger partial charge in [0.2, 0.25) is 0 Å². The maximum absolute atomic E-state index is 11.8. The second-order valence-corrected chi connectivity index (χ2v) is 5.50. The zero-order valence-corrected chi connectivity index (χ0v) is 12.1. The van der Waals surface area contributed by atoms with Gasteiger partial charge in [-0.05, 0) is 31.0 Å². The molecule has 4 rings (SSSR count). The third kappa shape index (κ3) is 2.26. The summed E-state index contributed by atoms with van der Waals surface area (Å²) in [7, 11) is 0. The van der Waals surface area contributed by atoms with Crippen LogP contribution in [0.25, 0.3) is 11.1 Å². The predicted molar refractivity (Wildman–Crippen MR) is 82.9 cm³/mol. The Bertz CT molecular complexity index is 821. The van der Waals surface area contributed by atoms with E-state index in [0.29, 0.717) is 12.6 Å². The first kappa shape index (κ1) is 13.1. The number of rotatable bonds is 3. The molecule has 0 amide bonds. The standard InChI is InChI=1S/C16H16N4O2/c21-15-8-3-9-17-20(15)11-12-5-4-10-19(12)16-18-13-6-1-2-7-14(13)22-16/h1-3,6-9,12H,4-5,10-11H2. The molecule has 3 heterocycles. The zero-order valence-electron chi connectivity index (χ0n) is 12.1. The molecule has 0 aliphatic carbocycles. The fourth-order valence-electron chi connectivity index (χ4n) is 2.98. The van der Waals surface area contributed by atoms with Gasteiger partial charge in [0.1, 0.15) is 5.52 Å². The van der Waals surface area contributed by atoms with E-state index in [1.165, 1.54) is 10.7 Å². The lowest BCUT2D eigenvalue weighted by molar-refractivity contribution is 0.465. The molecule has 1 unspecified atom stereocenters. The van der Waals surface area contributed by atoms with Crippen LogP contribution >= 0.6 is 0 Å². The molecule has 22 heavy (non-hydrogen) atoms. The lowest BCUT2D eigenvalue weighted by Gasteiger charge is -2.22. The molecule has 112 valence electrons. The van der Waals surface area contributed by atoms with E-state index in [4.69, 9.17) is 4.42 Å². The number of nitrogens with zero attached hydrogens (tertiary/aromatic N) is 4. The van der Waals surface area contributed by atoms with Gasteiger partial charge in [0.25, 0.3) is 11.6 Å². The molecule has 6 nitrogen and oxygen atoms in total. The molecule has 2 aromatic heterocycles. The minimum atomic E-state index is -0.0769. The second kappa shape index (κ2) is 5.29. The Morgan fingerprint density at radius 3 is 3.00 bits per heavy atom. The Morgan fingerprint density at radius 2 is 2.14 bits per heavy atom. The van der Waals surface area contributed by atoms with Gasteiger partial charge in [-0.1, -0.05) is 12.1 Å². The summed E-state index contributed by atoms with van der Waals surface area (Å²) >= 11 is 0. The smallest absolute Gasteiger partial charge is 0.298 e. The van der Waals surface area contributed by atoms with Gasteiger partial charge in [-0.3, -0.25) is 4.79 Å². The van der Waals surface area contributed by atoms with Crippen LogP contribution in [0, 0.1) is 0 Å². The van der Waals surface area contributed by atoms with Crippen molar-refractivity contribution in [2.24, 2.45) is 0 Å². The molecule has 1 aromatic carbocycles. The molecular weight excluding hydrogens is 280 g/mol. The van der Waals surface area contributed by atoms with Crippen molar-refractivity contribution in [3.05, 3.63) is 52.9 Å². The number of benzene rings is 1. The summed E-state index contributed by atoms with van der Waals surface area (Å²) < 4.78 is 7.36. The van der Waals surface area contributed by atoms with Crippen LogP contribution in [0.1, 0.15) is 12.8 Å². The average Bonchev–Trinajstić information content (AvgIpc) is 3.15. The highest BCUT2D eigenvalue weighted by atomic mass is 16.4. The number of anilines is 1. The first-order valence-electron chi connectivity index (χ1n) is 7.45. The fourth-order valence-corrected chi connectivity index (χ4v) is 2.98. The van der Waals surface area contributed by atoms with E-state index in [2.05, 4.69) is 15.0 Å². The quantitative estimate of drug-likeness (QED) is 0.740. The third-order valence-corrected chi connectivity index (χ3v) is 4.07. The van der Waals surface area contributed by atoms with Crippen LogP contribution in [-0.4, -0.2) is 27.4 Å². The van der Waals surface area contributed by atoms with E-state index < -0.39 is 0 Å². The summed E-state index contributed by atoms with van der Waals surface area (Å²) in [4.78, 5) is 18.5. The SMILES string of the molecule is O=c1cccnn1CC1CCCN1c1nc2ccccc2o1. The topological polar surface area (TPSA) is 64.2 Å². The highest BCUT2D eigenvalue weighted by molar-refractivity contribution is 5.74. The largest absolute Gasteiger partial charge is 0.423 e. The molecule has 3 aromatic rings. The summed E-state index contributed by atoms with van der Waals surface area (Å²) in [6.07, 6.45) is 3.70. The van der Waals surface area contributed by atoms with E-state index >= 15 is 0 Å². The van der Waals surface area contributed by atoms with Crippen molar-refractivity contribution in [1.82, 2.24) is 14.8 Å². The number of para-hydroxylation sites is 2. The van der Waals surface area contributed by atoms with Crippen molar-refractivity contribution in [3.63, 3.8) is 0 Å². The van der Waals surface area contributed by atoms with Crippen LogP contribution in [-0.2, 0) is 6.54 Å². The second-order valence-electron chi connectivity index (χ2n) is 5.50. The Morgan fingerprint density at radius 1 is 1.23 bits per heavy atom. The van der Waals surface area contributed by atoms with E-state index in [1.807, 2.05) is 24.3 Å². The number of aromatic nitrogens is 3. The van der Waals surface area contributed by atoms with Crippen molar-refractivity contribution >= 4 is 17.1 Å². The average molecular weight is 296 g/mol. The zero-order chi connectivity index (χ0) is 14.9. The monoisotopic (exact) mass is 296 g/mol. The summed E-state index contributed by atoms with van der Waals surface area (Å²) in [6.45, 7) is 1.44. The van der Waals surface area contributed by atoms with E-state index in [9.17, 15) is 4.79 Å². The number of hydrogen-bond donors (Lipinski definition) is 0. The Hall–Kier alpha value is -2.63. The van der Waals surface area contributed by atoms with Crippen LogP contribution in [0.4, 0.5) is 6.01 Å². The van der Waals surface area contributed by atoms with E-state index in [-0.39, 0.29) is 11.6 Å². The molecule has 6 heteroatoms. The summed E-state index contributed by atoms with van der Waals surface area (Å²) in [5.74, 6) is 0. The Kier molecular flexibility index (Phi) is 3.14.